The van der Waals surface area contributed by atoms with Crippen LogP contribution in [0.4, 0.5) is 19.3 Å². The molecule has 2 heterocycles. The topological polar surface area (TPSA) is 103 Å². The first-order valence-electron chi connectivity index (χ1n) is 9.39. The van der Waals surface area contributed by atoms with Gasteiger partial charge in [-0.05, 0) is 33.3 Å². The van der Waals surface area contributed by atoms with Crippen LogP contribution >= 0.6 is 11.8 Å². The summed E-state index contributed by atoms with van der Waals surface area (Å²) in [6.45, 7) is 4.28. The zero-order valence-electron chi connectivity index (χ0n) is 16.8. The second-order valence-electron chi connectivity index (χ2n) is 8.22. The Hall–Kier alpha value is -2.27. The number of alkyl halides is 1. The van der Waals surface area contributed by atoms with Gasteiger partial charge in [0.2, 0.25) is 0 Å². The Bertz CT molecular complexity index is 876. The van der Waals surface area contributed by atoms with Crippen LogP contribution in [0.15, 0.2) is 23.2 Å². The van der Waals surface area contributed by atoms with Crippen molar-refractivity contribution in [2.24, 2.45) is 10.9 Å². The Morgan fingerprint density at radius 1 is 1.50 bits per heavy atom. The van der Waals surface area contributed by atoms with Crippen molar-refractivity contribution >= 4 is 28.7 Å². The molecule has 1 N–H and O–H groups in total. The van der Waals surface area contributed by atoms with E-state index in [9.17, 15) is 23.7 Å². The summed E-state index contributed by atoms with van der Waals surface area (Å²) in [5, 5.41) is 14.0. The van der Waals surface area contributed by atoms with E-state index >= 15 is 0 Å². The SMILES string of the molecule is CC(C)(C)OC(=O)NC1=N[C@@]2(c3cc([N+](=O)[O-])ccc3F)CO[C@@H](CF)C[C@H]2CS1. The predicted molar refractivity (Wildman–Crippen MR) is 108 cm³/mol. The zero-order valence-corrected chi connectivity index (χ0v) is 17.6. The molecule has 30 heavy (non-hydrogen) atoms. The van der Waals surface area contributed by atoms with Crippen molar-refractivity contribution < 1.29 is 28.0 Å². The lowest BCUT2D eigenvalue weighted by Crippen LogP contribution is -2.51. The Kier molecular flexibility index (Phi) is 6.32. The maximum atomic E-state index is 14.8. The van der Waals surface area contributed by atoms with Gasteiger partial charge in [0.1, 0.15) is 23.6 Å². The van der Waals surface area contributed by atoms with E-state index in [4.69, 9.17) is 9.47 Å². The van der Waals surface area contributed by atoms with E-state index < -0.39 is 40.8 Å². The number of fused-ring (bicyclic) bond motifs is 1. The first-order chi connectivity index (χ1) is 14.0. The highest BCUT2D eigenvalue weighted by Gasteiger charge is 2.50. The standard InChI is InChI=1S/C19H23F2N3O5S/c1-18(2,3)29-17(25)22-16-23-19(10-28-13(8-20)6-11(19)9-30-16)14-7-12(24(26)27)4-5-15(14)21/h4-5,7,11,13H,6,8-10H2,1-3H3,(H,22,23,25)/t11-,13+,19-/m0/s1. The molecule has 1 fully saturated rings. The number of carbonyl (C=O) groups is 1. The summed E-state index contributed by atoms with van der Waals surface area (Å²) < 4.78 is 38.9. The third-order valence-electron chi connectivity index (χ3n) is 4.89. The Morgan fingerprint density at radius 2 is 2.23 bits per heavy atom. The number of hydrogen-bond acceptors (Lipinski definition) is 7. The molecule has 2 aliphatic heterocycles. The number of nitrogens with one attached hydrogen (secondary N) is 1. The molecular formula is C19H23F2N3O5S. The number of alkyl carbamates (subject to hydrolysis) is 1. The summed E-state index contributed by atoms with van der Waals surface area (Å²) in [4.78, 5) is 27.3. The monoisotopic (exact) mass is 443 g/mol. The van der Waals surface area contributed by atoms with Crippen LogP contribution in [0.2, 0.25) is 0 Å². The number of nitro groups is 1. The van der Waals surface area contributed by atoms with E-state index in [0.717, 1.165) is 18.2 Å². The molecule has 0 spiro atoms. The van der Waals surface area contributed by atoms with Crippen LogP contribution in [0.5, 0.6) is 0 Å². The number of nitrogens with zero attached hydrogens (tertiary/aromatic N) is 2. The highest BCUT2D eigenvalue weighted by molar-refractivity contribution is 8.13. The summed E-state index contributed by atoms with van der Waals surface area (Å²) in [6, 6.07) is 3.21. The van der Waals surface area contributed by atoms with E-state index in [1.807, 2.05) is 0 Å². The molecular weight excluding hydrogens is 420 g/mol. The summed E-state index contributed by atoms with van der Waals surface area (Å²) in [7, 11) is 0. The van der Waals surface area contributed by atoms with Crippen molar-refractivity contribution in [2.75, 3.05) is 19.0 Å². The largest absolute Gasteiger partial charge is 0.444 e. The van der Waals surface area contributed by atoms with Gasteiger partial charge in [0.05, 0.1) is 17.6 Å². The predicted octanol–water partition coefficient (Wildman–Crippen LogP) is 3.93. The van der Waals surface area contributed by atoms with Crippen LogP contribution in [0, 0.1) is 21.8 Å². The number of amidine groups is 1. The van der Waals surface area contributed by atoms with Crippen LogP contribution in [0.1, 0.15) is 32.8 Å². The molecule has 0 bridgehead atoms. The van der Waals surface area contributed by atoms with Gasteiger partial charge < -0.3 is 9.47 Å². The van der Waals surface area contributed by atoms with E-state index in [1.54, 1.807) is 20.8 Å². The number of thioether (sulfide) groups is 1. The van der Waals surface area contributed by atoms with Crippen molar-refractivity contribution in [3.63, 3.8) is 0 Å². The normalized spacial score (nSPS) is 26.4. The first kappa shape index (κ1) is 22.4. The third kappa shape index (κ3) is 4.72. The molecule has 2 aliphatic rings. The van der Waals surface area contributed by atoms with Crippen molar-refractivity contribution in [1.82, 2.24) is 5.32 Å². The molecule has 0 saturated carbocycles. The van der Waals surface area contributed by atoms with E-state index in [2.05, 4.69) is 10.3 Å². The molecule has 1 amide bonds. The van der Waals surface area contributed by atoms with Gasteiger partial charge in [0, 0.05) is 29.4 Å². The number of nitro benzene ring substituents is 1. The van der Waals surface area contributed by atoms with Crippen LogP contribution in [-0.4, -0.2) is 46.9 Å². The lowest BCUT2D eigenvalue weighted by Gasteiger charge is -2.46. The number of ether oxygens (including phenoxy) is 2. The highest BCUT2D eigenvalue weighted by Crippen LogP contribution is 2.47. The molecule has 0 radical (unpaired) electrons. The summed E-state index contributed by atoms with van der Waals surface area (Å²) in [5.74, 6) is -0.616. The average molecular weight is 443 g/mol. The fourth-order valence-electron chi connectivity index (χ4n) is 3.54. The average Bonchev–Trinajstić information content (AvgIpc) is 2.66. The molecule has 164 valence electrons. The van der Waals surface area contributed by atoms with Gasteiger partial charge in [0.15, 0.2) is 5.17 Å². The quantitative estimate of drug-likeness (QED) is 0.561. The fourth-order valence-corrected chi connectivity index (χ4v) is 4.70. The Morgan fingerprint density at radius 3 is 2.87 bits per heavy atom. The lowest BCUT2D eigenvalue weighted by atomic mass is 9.75. The molecule has 1 aromatic carbocycles. The summed E-state index contributed by atoms with van der Waals surface area (Å²) in [6.07, 6.45) is -1.10. The first-order valence-corrected chi connectivity index (χ1v) is 10.4. The van der Waals surface area contributed by atoms with Gasteiger partial charge in [-0.25, -0.2) is 18.6 Å². The van der Waals surface area contributed by atoms with Gasteiger partial charge in [-0.1, -0.05) is 11.8 Å². The van der Waals surface area contributed by atoms with Gasteiger partial charge >= 0.3 is 6.09 Å². The third-order valence-corrected chi connectivity index (χ3v) is 5.93. The second kappa shape index (κ2) is 8.46. The van der Waals surface area contributed by atoms with Crippen LogP contribution in [0.25, 0.3) is 0 Å². The van der Waals surface area contributed by atoms with Crippen molar-refractivity contribution in [3.05, 3.63) is 39.7 Å². The number of hydrogen-bond donors (Lipinski definition) is 1. The van der Waals surface area contributed by atoms with Gasteiger partial charge in [-0.15, -0.1) is 0 Å². The minimum Gasteiger partial charge on any atom is -0.444 e. The molecule has 1 aromatic rings. The van der Waals surface area contributed by atoms with Crippen LogP contribution in [-0.2, 0) is 15.0 Å². The molecule has 3 atom stereocenters. The Labute approximate surface area is 176 Å². The minimum absolute atomic E-state index is 0.0113. The molecule has 8 nitrogen and oxygen atoms in total. The second-order valence-corrected chi connectivity index (χ2v) is 9.23. The lowest BCUT2D eigenvalue weighted by molar-refractivity contribution is -0.385. The maximum Gasteiger partial charge on any atom is 0.413 e. The molecule has 0 aliphatic carbocycles. The number of halogens is 2. The summed E-state index contributed by atoms with van der Waals surface area (Å²) in [5.41, 5.74) is -2.35. The van der Waals surface area contributed by atoms with Crippen LogP contribution in [0.3, 0.4) is 0 Å². The molecule has 0 unspecified atom stereocenters. The van der Waals surface area contributed by atoms with Crippen molar-refractivity contribution in [1.29, 1.82) is 0 Å². The number of benzene rings is 1. The smallest absolute Gasteiger partial charge is 0.413 e. The molecule has 0 aromatic heterocycles. The maximum absolute atomic E-state index is 14.8. The van der Waals surface area contributed by atoms with Crippen LogP contribution < -0.4 is 5.32 Å². The number of amides is 1. The molecule has 1 saturated heterocycles. The fraction of sp³-hybridized carbons (Fsp3) is 0.579. The van der Waals surface area contributed by atoms with Crippen molar-refractivity contribution in [3.8, 4) is 0 Å². The van der Waals surface area contributed by atoms with E-state index in [-0.39, 0.29) is 35.4 Å². The van der Waals surface area contributed by atoms with Crippen molar-refractivity contribution in [2.45, 2.75) is 44.4 Å². The van der Waals surface area contributed by atoms with Gasteiger partial charge in [0.25, 0.3) is 5.69 Å². The van der Waals surface area contributed by atoms with E-state index in [1.165, 1.54) is 11.8 Å². The molecule has 11 heteroatoms. The molecule has 3 rings (SSSR count). The minimum atomic E-state index is -1.32. The van der Waals surface area contributed by atoms with E-state index in [0.29, 0.717) is 5.75 Å². The van der Waals surface area contributed by atoms with Gasteiger partial charge in [-0.3, -0.25) is 15.4 Å². The van der Waals surface area contributed by atoms with Gasteiger partial charge in [-0.2, -0.15) is 0 Å². The Balaban J connectivity index is 2.02. The number of carbonyl (C=O) groups excluding carboxylic acids is 1. The summed E-state index contributed by atoms with van der Waals surface area (Å²) >= 11 is 1.23. The number of rotatable bonds is 3. The highest BCUT2D eigenvalue weighted by atomic mass is 32.2. The number of non-ortho nitro benzene ring substituents is 1. The number of aliphatic imine (C=N–C) groups is 1. The zero-order chi connectivity index (χ0) is 22.1.